The molecule has 1 saturated heterocycles. The van der Waals surface area contributed by atoms with Gasteiger partial charge in [0.2, 0.25) is 0 Å². The number of halogens is 1. The highest BCUT2D eigenvalue weighted by atomic mass is 19.1. The molecule has 0 amide bonds. The average Bonchev–Trinajstić information content (AvgIpc) is 2.99. The minimum Gasteiger partial charge on any atom is -0.462 e. The van der Waals surface area contributed by atoms with Gasteiger partial charge in [0.05, 0.1) is 11.6 Å². The second kappa shape index (κ2) is 8.10. The fraction of sp³-hybridized carbons (Fsp3) is 0.440. The van der Waals surface area contributed by atoms with E-state index in [4.69, 9.17) is 4.74 Å². The van der Waals surface area contributed by atoms with Crippen molar-refractivity contribution in [1.29, 1.82) is 0 Å². The van der Waals surface area contributed by atoms with Gasteiger partial charge in [-0.05, 0) is 60.9 Å². The van der Waals surface area contributed by atoms with Crippen LogP contribution in [0.4, 0.5) is 4.39 Å². The first kappa shape index (κ1) is 19.8. The predicted molar refractivity (Wildman–Crippen MR) is 112 cm³/mol. The molecule has 2 aliphatic rings. The van der Waals surface area contributed by atoms with Crippen molar-refractivity contribution < 1.29 is 13.9 Å². The van der Waals surface area contributed by atoms with Gasteiger partial charge in [0.25, 0.3) is 0 Å². The Morgan fingerprint density at radius 2 is 2.03 bits per heavy atom. The number of benzene rings is 1. The molecular weight excluding hydrogens is 365 g/mol. The predicted octanol–water partition coefficient (Wildman–Crippen LogP) is 5.76. The van der Waals surface area contributed by atoms with E-state index in [-0.39, 0.29) is 29.7 Å². The Labute approximate surface area is 172 Å². The van der Waals surface area contributed by atoms with Crippen LogP contribution in [-0.4, -0.2) is 17.1 Å². The summed E-state index contributed by atoms with van der Waals surface area (Å²) in [5.41, 5.74) is 2.58. The molecule has 0 bridgehead atoms. The maximum Gasteiger partial charge on any atom is 0.309 e. The number of hydrogen-bond acceptors (Lipinski definition) is 3. The third kappa shape index (κ3) is 3.85. The largest absolute Gasteiger partial charge is 0.462 e. The van der Waals surface area contributed by atoms with Crippen LogP contribution in [0, 0.1) is 35.4 Å². The maximum atomic E-state index is 13.5. The molecule has 1 aromatic carbocycles. The van der Waals surface area contributed by atoms with Crippen molar-refractivity contribution in [2.75, 3.05) is 0 Å². The van der Waals surface area contributed by atoms with Crippen LogP contribution in [0.3, 0.4) is 0 Å². The van der Waals surface area contributed by atoms with Gasteiger partial charge in [-0.25, -0.2) is 4.39 Å². The van der Waals surface area contributed by atoms with E-state index >= 15 is 0 Å². The summed E-state index contributed by atoms with van der Waals surface area (Å²) >= 11 is 0. The number of ether oxygens (including phenoxy) is 1. The molecule has 1 aromatic heterocycles. The summed E-state index contributed by atoms with van der Waals surface area (Å²) < 4.78 is 19.0. The number of cyclic esters (lactones) is 1. The second-order valence-electron chi connectivity index (χ2n) is 8.53. The van der Waals surface area contributed by atoms with Crippen LogP contribution < -0.4 is 0 Å². The van der Waals surface area contributed by atoms with E-state index in [9.17, 15) is 9.18 Å². The number of nitrogens with zero attached hydrogens (tertiary/aromatic N) is 1. The molecule has 152 valence electrons. The lowest BCUT2D eigenvalue weighted by Crippen LogP contribution is -2.40. The zero-order valence-electron chi connectivity index (χ0n) is 17.2. The third-order valence-corrected chi connectivity index (χ3v) is 6.81. The van der Waals surface area contributed by atoms with Crippen molar-refractivity contribution in [3.8, 4) is 11.1 Å². The van der Waals surface area contributed by atoms with Crippen LogP contribution in [0.15, 0.2) is 48.7 Å². The number of hydrogen-bond donors (Lipinski definition) is 0. The number of aromatic nitrogens is 1. The van der Waals surface area contributed by atoms with Crippen LogP contribution in [0.5, 0.6) is 0 Å². The smallest absolute Gasteiger partial charge is 0.309 e. The molecule has 0 radical (unpaired) electrons. The maximum absolute atomic E-state index is 13.5. The quantitative estimate of drug-likeness (QED) is 0.620. The number of rotatable bonds is 4. The lowest BCUT2D eigenvalue weighted by molar-refractivity contribution is -0.144. The van der Waals surface area contributed by atoms with Crippen molar-refractivity contribution in [2.24, 2.45) is 29.6 Å². The van der Waals surface area contributed by atoms with E-state index in [0.29, 0.717) is 17.8 Å². The average molecular weight is 394 g/mol. The van der Waals surface area contributed by atoms with Gasteiger partial charge in [-0.1, -0.05) is 44.5 Å². The van der Waals surface area contributed by atoms with Gasteiger partial charge >= 0.3 is 5.97 Å². The first-order valence-electron chi connectivity index (χ1n) is 10.6. The highest BCUT2D eigenvalue weighted by Gasteiger charge is 2.52. The summed E-state index contributed by atoms with van der Waals surface area (Å²) in [5, 5.41) is 0. The molecule has 0 N–H and O–H groups in total. The van der Waals surface area contributed by atoms with E-state index in [2.05, 4.69) is 31.0 Å². The Kier molecular flexibility index (Phi) is 5.53. The Morgan fingerprint density at radius 3 is 2.72 bits per heavy atom. The summed E-state index contributed by atoms with van der Waals surface area (Å²) in [7, 11) is 0. The van der Waals surface area contributed by atoms with Crippen molar-refractivity contribution in [1.82, 2.24) is 4.98 Å². The number of carbonyl (C=O) groups is 1. The highest BCUT2D eigenvalue weighted by Crippen LogP contribution is 2.50. The molecule has 2 aromatic rings. The fourth-order valence-electron chi connectivity index (χ4n) is 5.41. The summed E-state index contributed by atoms with van der Waals surface area (Å²) in [6.07, 6.45) is 8.07. The third-order valence-electron chi connectivity index (χ3n) is 6.81. The number of esters is 1. The van der Waals surface area contributed by atoms with Crippen LogP contribution in [0.25, 0.3) is 17.2 Å². The van der Waals surface area contributed by atoms with Crippen LogP contribution >= 0.6 is 0 Å². The molecule has 4 rings (SSSR count). The molecular formula is C25H28FNO2. The van der Waals surface area contributed by atoms with Gasteiger partial charge in [0.1, 0.15) is 11.9 Å². The van der Waals surface area contributed by atoms with E-state index in [1.807, 2.05) is 25.1 Å². The van der Waals surface area contributed by atoms with Gasteiger partial charge in [-0.2, -0.15) is 0 Å². The topological polar surface area (TPSA) is 39.2 Å². The number of carbonyl (C=O) groups excluding carboxylic acids is 1. The monoisotopic (exact) mass is 393 g/mol. The van der Waals surface area contributed by atoms with Crippen molar-refractivity contribution in [3.63, 3.8) is 0 Å². The molecule has 0 spiro atoms. The summed E-state index contributed by atoms with van der Waals surface area (Å²) in [4.78, 5) is 16.8. The first-order chi connectivity index (χ1) is 14.0. The second-order valence-corrected chi connectivity index (χ2v) is 8.53. The number of allylic oxidation sites excluding steroid dienone is 1. The lowest BCUT2D eigenvalue weighted by Gasteiger charge is -2.41. The Hall–Kier alpha value is -2.49. The standard InChI is InChI=1S/C25H28FNO2/c1-4-21-15(2)12-23-24(16(3)29-25(23)28)22(21)11-10-20-9-8-18(14-27-20)17-6-5-7-19(26)13-17/h5-11,13-16,21-24H,4,12H2,1-3H3/t15-,16+,21+,22-,23+,24-/m0/s1. The van der Waals surface area contributed by atoms with Gasteiger partial charge < -0.3 is 4.74 Å². The minimum atomic E-state index is -0.250. The van der Waals surface area contributed by atoms with E-state index in [1.165, 1.54) is 12.1 Å². The number of fused-ring (bicyclic) bond motifs is 1. The van der Waals surface area contributed by atoms with Gasteiger partial charge in [-0.15, -0.1) is 0 Å². The normalized spacial score (nSPS) is 31.7. The molecule has 4 heteroatoms. The Morgan fingerprint density at radius 1 is 1.21 bits per heavy atom. The zero-order valence-corrected chi connectivity index (χ0v) is 17.2. The van der Waals surface area contributed by atoms with Gasteiger partial charge in [-0.3, -0.25) is 9.78 Å². The lowest BCUT2D eigenvalue weighted by atomic mass is 9.61. The zero-order chi connectivity index (χ0) is 20.5. The van der Waals surface area contributed by atoms with Crippen molar-refractivity contribution in [2.45, 2.75) is 39.7 Å². The first-order valence-corrected chi connectivity index (χ1v) is 10.6. The van der Waals surface area contributed by atoms with Crippen LogP contribution in [-0.2, 0) is 9.53 Å². The van der Waals surface area contributed by atoms with Crippen LogP contribution in [0.2, 0.25) is 0 Å². The fourth-order valence-corrected chi connectivity index (χ4v) is 5.41. The summed E-state index contributed by atoms with van der Waals surface area (Å²) in [5.74, 6) is 1.32. The van der Waals surface area contributed by atoms with Crippen molar-refractivity contribution in [3.05, 3.63) is 60.2 Å². The molecule has 1 aliphatic carbocycles. The number of pyridine rings is 1. The van der Waals surface area contributed by atoms with Gasteiger partial charge in [0.15, 0.2) is 0 Å². The molecule has 0 unspecified atom stereocenters. The molecule has 1 aliphatic heterocycles. The highest BCUT2D eigenvalue weighted by molar-refractivity contribution is 5.75. The van der Waals surface area contributed by atoms with E-state index < -0.39 is 0 Å². The SMILES string of the molecule is CC[C@H]1[C@H](C=Cc2ccc(-c3cccc(F)c3)cn2)[C@@H]2[C@@H](C)OC(=O)[C@@H]2C[C@@H]1C. The molecule has 2 heterocycles. The minimum absolute atomic E-state index is 0.0146. The Bertz CT molecular complexity index is 907. The summed E-state index contributed by atoms with van der Waals surface area (Å²) in [6.45, 7) is 6.52. The van der Waals surface area contributed by atoms with Crippen LogP contribution in [0.1, 0.15) is 39.3 Å². The van der Waals surface area contributed by atoms with Gasteiger partial charge in [0, 0.05) is 17.7 Å². The molecule has 29 heavy (non-hydrogen) atoms. The molecule has 3 nitrogen and oxygen atoms in total. The van der Waals surface area contributed by atoms with E-state index in [0.717, 1.165) is 29.7 Å². The van der Waals surface area contributed by atoms with Crippen molar-refractivity contribution >= 4 is 12.0 Å². The summed E-state index contributed by atoms with van der Waals surface area (Å²) in [6, 6.07) is 10.5. The Balaban J connectivity index is 1.57. The van der Waals surface area contributed by atoms with E-state index in [1.54, 1.807) is 12.3 Å². The molecule has 2 fully saturated rings. The molecule has 6 atom stereocenters. The molecule has 1 saturated carbocycles.